The van der Waals surface area contributed by atoms with Gasteiger partial charge in [0.05, 0.1) is 11.9 Å². The molecule has 2 amide bonds. The van der Waals surface area contributed by atoms with Gasteiger partial charge in [0.2, 0.25) is 21.8 Å². The Bertz CT molecular complexity index is 1080. The van der Waals surface area contributed by atoms with E-state index >= 15 is 0 Å². The van der Waals surface area contributed by atoms with Crippen LogP contribution in [0, 0.1) is 20.8 Å². The Labute approximate surface area is 191 Å². The number of nitrogens with one attached hydrogen (secondary N) is 1. The van der Waals surface area contributed by atoms with Crippen molar-refractivity contribution < 1.29 is 18.0 Å². The number of hydrogen-bond donors (Lipinski definition) is 1. The van der Waals surface area contributed by atoms with E-state index in [-0.39, 0.29) is 19.0 Å². The van der Waals surface area contributed by atoms with Crippen molar-refractivity contribution in [3.05, 3.63) is 64.7 Å². The van der Waals surface area contributed by atoms with Crippen molar-refractivity contribution in [2.75, 3.05) is 24.2 Å². The first-order chi connectivity index (χ1) is 15.0. The molecule has 2 aromatic carbocycles. The second kappa shape index (κ2) is 10.6. The third-order valence-electron chi connectivity index (χ3n) is 5.37. The van der Waals surface area contributed by atoms with Crippen molar-refractivity contribution in [1.29, 1.82) is 0 Å². The third-order valence-corrected chi connectivity index (χ3v) is 6.49. The van der Waals surface area contributed by atoms with Gasteiger partial charge in [0.15, 0.2) is 0 Å². The molecule has 32 heavy (non-hydrogen) atoms. The van der Waals surface area contributed by atoms with Crippen LogP contribution >= 0.6 is 0 Å². The van der Waals surface area contributed by atoms with Gasteiger partial charge in [0, 0.05) is 13.6 Å². The lowest BCUT2D eigenvalue weighted by molar-refractivity contribution is -0.140. The molecule has 0 bridgehead atoms. The molecule has 2 aromatic rings. The number of carbonyl (C=O) groups is 2. The van der Waals surface area contributed by atoms with E-state index in [1.165, 1.54) is 11.9 Å². The Morgan fingerprint density at radius 1 is 1.03 bits per heavy atom. The van der Waals surface area contributed by atoms with Crippen molar-refractivity contribution >= 4 is 27.5 Å². The van der Waals surface area contributed by atoms with Gasteiger partial charge in [-0.3, -0.25) is 13.9 Å². The van der Waals surface area contributed by atoms with Crippen molar-refractivity contribution in [1.82, 2.24) is 10.2 Å². The van der Waals surface area contributed by atoms with Gasteiger partial charge in [-0.05, 0) is 44.4 Å². The molecule has 1 N–H and O–H groups in total. The van der Waals surface area contributed by atoms with Crippen LogP contribution in [-0.2, 0) is 26.2 Å². The third kappa shape index (κ3) is 6.32. The standard InChI is InChI=1S/C24H33N3O4S/c1-7-21(24(29)25-5)26(15-20-10-8-9-17(2)14-20)23(28)16-27(32(6,30)31)22-12-11-18(3)13-19(22)4/h8-14,21H,7,15-16H2,1-6H3,(H,25,29)/t21-/m1/s1. The molecule has 0 saturated carbocycles. The number of likely N-dealkylation sites (N-methyl/N-ethyl adjacent to an activating group) is 1. The molecular weight excluding hydrogens is 426 g/mol. The maximum Gasteiger partial charge on any atom is 0.244 e. The predicted molar refractivity (Wildman–Crippen MR) is 128 cm³/mol. The molecule has 0 saturated heterocycles. The fraction of sp³-hybridized carbons (Fsp3) is 0.417. The molecular formula is C24H33N3O4S. The van der Waals surface area contributed by atoms with Gasteiger partial charge in [-0.1, -0.05) is 54.4 Å². The lowest BCUT2D eigenvalue weighted by atomic mass is 10.1. The Kier molecular flexibility index (Phi) is 8.44. The van der Waals surface area contributed by atoms with Crippen LogP contribution in [0.25, 0.3) is 0 Å². The molecule has 0 aliphatic carbocycles. The van der Waals surface area contributed by atoms with Crippen molar-refractivity contribution in [3.63, 3.8) is 0 Å². The molecule has 0 heterocycles. The Balaban J connectivity index is 2.46. The molecule has 0 fully saturated rings. The highest BCUT2D eigenvalue weighted by Gasteiger charge is 2.31. The number of carbonyl (C=O) groups excluding carboxylic acids is 2. The van der Waals surface area contributed by atoms with Gasteiger partial charge < -0.3 is 10.2 Å². The minimum absolute atomic E-state index is 0.205. The van der Waals surface area contributed by atoms with E-state index in [0.29, 0.717) is 12.1 Å². The average molecular weight is 460 g/mol. The molecule has 0 spiro atoms. The largest absolute Gasteiger partial charge is 0.357 e. The summed E-state index contributed by atoms with van der Waals surface area (Å²) in [6, 6.07) is 12.4. The molecule has 0 aliphatic heterocycles. The van der Waals surface area contributed by atoms with Crippen LogP contribution in [0.3, 0.4) is 0 Å². The van der Waals surface area contributed by atoms with Crippen LogP contribution < -0.4 is 9.62 Å². The minimum Gasteiger partial charge on any atom is -0.357 e. The summed E-state index contributed by atoms with van der Waals surface area (Å²) in [5.41, 5.74) is 4.12. The summed E-state index contributed by atoms with van der Waals surface area (Å²) in [5.74, 6) is -0.724. The first kappa shape index (κ1) is 25.4. The van der Waals surface area contributed by atoms with E-state index < -0.39 is 22.0 Å². The zero-order valence-electron chi connectivity index (χ0n) is 19.7. The molecule has 0 aromatic heterocycles. The van der Waals surface area contributed by atoms with E-state index in [9.17, 15) is 18.0 Å². The van der Waals surface area contributed by atoms with Crippen LogP contribution in [0.5, 0.6) is 0 Å². The lowest BCUT2D eigenvalue weighted by Crippen LogP contribution is -2.51. The zero-order valence-corrected chi connectivity index (χ0v) is 20.5. The molecule has 0 radical (unpaired) electrons. The predicted octanol–water partition coefficient (Wildman–Crippen LogP) is 2.93. The van der Waals surface area contributed by atoms with E-state index in [4.69, 9.17) is 0 Å². The van der Waals surface area contributed by atoms with Crippen molar-refractivity contribution in [2.24, 2.45) is 0 Å². The highest BCUT2D eigenvalue weighted by molar-refractivity contribution is 7.92. The number of benzene rings is 2. The molecule has 0 aliphatic rings. The normalized spacial score (nSPS) is 12.2. The summed E-state index contributed by atoms with van der Waals surface area (Å²) in [7, 11) is -2.21. The molecule has 174 valence electrons. The smallest absolute Gasteiger partial charge is 0.244 e. The van der Waals surface area contributed by atoms with Crippen LogP contribution in [-0.4, -0.2) is 51.0 Å². The number of nitrogens with zero attached hydrogens (tertiary/aromatic N) is 2. The second-order valence-corrected chi connectivity index (χ2v) is 10.0. The highest BCUT2D eigenvalue weighted by Crippen LogP contribution is 2.24. The van der Waals surface area contributed by atoms with Crippen molar-refractivity contribution in [3.8, 4) is 0 Å². The Morgan fingerprint density at radius 3 is 2.22 bits per heavy atom. The summed E-state index contributed by atoms with van der Waals surface area (Å²) in [5, 5.41) is 2.61. The summed E-state index contributed by atoms with van der Waals surface area (Å²) >= 11 is 0. The topological polar surface area (TPSA) is 86.8 Å². The number of anilines is 1. The van der Waals surface area contributed by atoms with E-state index in [2.05, 4.69) is 5.32 Å². The summed E-state index contributed by atoms with van der Waals surface area (Å²) in [6.45, 7) is 7.34. The zero-order chi connectivity index (χ0) is 24.1. The molecule has 8 heteroatoms. The number of hydrogen-bond acceptors (Lipinski definition) is 4. The maximum atomic E-state index is 13.5. The lowest BCUT2D eigenvalue weighted by Gasteiger charge is -2.33. The summed E-state index contributed by atoms with van der Waals surface area (Å²) in [4.78, 5) is 27.5. The second-order valence-electron chi connectivity index (χ2n) is 8.11. The van der Waals surface area contributed by atoms with Crippen LogP contribution in [0.1, 0.15) is 35.6 Å². The number of sulfonamides is 1. The summed E-state index contributed by atoms with van der Waals surface area (Å²) in [6.07, 6.45) is 1.49. The van der Waals surface area contributed by atoms with Gasteiger partial charge in [0.1, 0.15) is 12.6 Å². The molecule has 1 atom stereocenters. The monoisotopic (exact) mass is 459 g/mol. The van der Waals surface area contributed by atoms with Crippen LogP contribution in [0.2, 0.25) is 0 Å². The fourth-order valence-electron chi connectivity index (χ4n) is 3.77. The highest BCUT2D eigenvalue weighted by atomic mass is 32.2. The van der Waals surface area contributed by atoms with Gasteiger partial charge in [0.25, 0.3) is 0 Å². The number of rotatable bonds is 9. The van der Waals surface area contributed by atoms with Crippen molar-refractivity contribution in [2.45, 2.75) is 46.7 Å². The van der Waals surface area contributed by atoms with E-state index in [1.807, 2.05) is 64.1 Å². The van der Waals surface area contributed by atoms with Gasteiger partial charge >= 0.3 is 0 Å². The molecule has 2 rings (SSSR count). The van der Waals surface area contributed by atoms with Crippen LogP contribution in [0.4, 0.5) is 5.69 Å². The number of amides is 2. The molecule has 7 nitrogen and oxygen atoms in total. The SMILES string of the molecule is CC[C@H](C(=O)NC)N(Cc1cccc(C)c1)C(=O)CN(c1ccc(C)cc1C)S(C)(=O)=O. The van der Waals surface area contributed by atoms with Gasteiger partial charge in [-0.2, -0.15) is 0 Å². The Hall–Kier alpha value is -2.87. The molecule has 0 unspecified atom stereocenters. The fourth-order valence-corrected chi connectivity index (χ4v) is 4.68. The first-order valence-corrected chi connectivity index (χ1v) is 12.4. The van der Waals surface area contributed by atoms with E-state index in [0.717, 1.165) is 32.8 Å². The Morgan fingerprint density at radius 2 is 1.69 bits per heavy atom. The average Bonchev–Trinajstić information content (AvgIpc) is 2.71. The minimum atomic E-state index is -3.73. The first-order valence-electron chi connectivity index (χ1n) is 10.6. The van der Waals surface area contributed by atoms with E-state index in [1.54, 1.807) is 6.07 Å². The van der Waals surface area contributed by atoms with Crippen LogP contribution in [0.15, 0.2) is 42.5 Å². The maximum absolute atomic E-state index is 13.5. The summed E-state index contributed by atoms with van der Waals surface area (Å²) < 4.78 is 26.4. The quantitative estimate of drug-likeness (QED) is 0.625. The van der Waals surface area contributed by atoms with Gasteiger partial charge in [-0.25, -0.2) is 8.42 Å². The van der Waals surface area contributed by atoms with Gasteiger partial charge in [-0.15, -0.1) is 0 Å². The number of aryl methyl sites for hydroxylation is 3.